The van der Waals surface area contributed by atoms with Crippen LogP contribution in [0.5, 0.6) is 0 Å². The molecule has 0 amide bonds. The van der Waals surface area contributed by atoms with Crippen LogP contribution in [0.15, 0.2) is 12.3 Å². The van der Waals surface area contributed by atoms with Gasteiger partial charge in [-0.1, -0.05) is 53.0 Å². The van der Waals surface area contributed by atoms with Gasteiger partial charge in [0.05, 0.1) is 12.5 Å². The van der Waals surface area contributed by atoms with Crippen LogP contribution in [0, 0.1) is 5.92 Å². The summed E-state index contributed by atoms with van der Waals surface area (Å²) in [5.41, 5.74) is 1.06. The van der Waals surface area contributed by atoms with E-state index >= 15 is 0 Å². The summed E-state index contributed by atoms with van der Waals surface area (Å²) >= 11 is 0. The van der Waals surface area contributed by atoms with Crippen molar-refractivity contribution in [2.24, 2.45) is 5.92 Å². The lowest BCUT2D eigenvalue weighted by Crippen LogP contribution is -2.38. The lowest BCUT2D eigenvalue weighted by Gasteiger charge is -2.28. The van der Waals surface area contributed by atoms with Gasteiger partial charge < -0.3 is 4.90 Å². The Morgan fingerprint density at radius 3 is 2.43 bits per heavy atom. The topological polar surface area (TPSA) is 37.4 Å². The molecule has 1 heterocycles. The molecule has 0 aromatic heterocycles. The molecule has 3 nitrogen and oxygen atoms in total. The largest absolute Gasteiger partial charge is 0.365 e. The monoisotopic (exact) mass is 321 g/mol. The summed E-state index contributed by atoms with van der Waals surface area (Å²) in [5, 5.41) is 0. The summed E-state index contributed by atoms with van der Waals surface area (Å²) in [6, 6.07) is -0.143. The molecule has 0 radical (unpaired) electrons. The second kappa shape index (κ2) is 10.6. The molecule has 0 aromatic carbocycles. The number of carbonyl (C=O) groups excluding carboxylic acids is 2. The molecule has 0 bridgehead atoms. The molecular weight excluding hydrogens is 286 g/mol. The van der Waals surface area contributed by atoms with Gasteiger partial charge in [0.2, 0.25) is 0 Å². The van der Waals surface area contributed by atoms with Crippen molar-refractivity contribution >= 4 is 11.6 Å². The first-order valence-electron chi connectivity index (χ1n) is 9.52. The van der Waals surface area contributed by atoms with Crippen molar-refractivity contribution in [3.05, 3.63) is 12.3 Å². The standard InChI is InChI=1S/C20H35NO2/c1-5-8-11-17(6-2)12-13-18(22)15-20(23)19(7-3)21-14-9-10-16(21)4/h17,19H,4-15H2,1-3H3/t17-,19+/m1/s1. The van der Waals surface area contributed by atoms with Crippen molar-refractivity contribution < 1.29 is 9.59 Å². The van der Waals surface area contributed by atoms with E-state index in [1.54, 1.807) is 0 Å². The molecule has 0 saturated carbocycles. The number of likely N-dealkylation sites (tertiary alicyclic amines) is 1. The van der Waals surface area contributed by atoms with Crippen molar-refractivity contribution in [1.29, 1.82) is 0 Å². The van der Waals surface area contributed by atoms with Gasteiger partial charge >= 0.3 is 0 Å². The number of rotatable bonds is 12. The van der Waals surface area contributed by atoms with E-state index in [4.69, 9.17) is 0 Å². The van der Waals surface area contributed by atoms with Crippen LogP contribution in [0.3, 0.4) is 0 Å². The normalized spacial score (nSPS) is 17.3. The molecule has 0 spiro atoms. The zero-order valence-corrected chi connectivity index (χ0v) is 15.4. The van der Waals surface area contributed by atoms with E-state index < -0.39 is 0 Å². The van der Waals surface area contributed by atoms with Gasteiger partial charge in [-0.05, 0) is 31.6 Å². The smallest absolute Gasteiger partial charge is 0.162 e. The number of nitrogens with zero attached hydrogens (tertiary/aromatic N) is 1. The number of ketones is 2. The first-order chi connectivity index (χ1) is 11.0. The minimum Gasteiger partial charge on any atom is -0.365 e. The molecule has 0 aliphatic carbocycles. The highest BCUT2D eigenvalue weighted by Gasteiger charge is 2.29. The van der Waals surface area contributed by atoms with Crippen LogP contribution < -0.4 is 0 Å². The van der Waals surface area contributed by atoms with Crippen molar-refractivity contribution in [1.82, 2.24) is 4.90 Å². The van der Waals surface area contributed by atoms with Gasteiger partial charge in [0, 0.05) is 18.7 Å². The molecule has 3 heteroatoms. The van der Waals surface area contributed by atoms with Crippen LogP contribution in [0.2, 0.25) is 0 Å². The van der Waals surface area contributed by atoms with Crippen LogP contribution in [0.1, 0.15) is 85.0 Å². The molecule has 1 aliphatic rings. The van der Waals surface area contributed by atoms with Gasteiger partial charge in [0.15, 0.2) is 5.78 Å². The molecule has 0 N–H and O–H groups in total. The van der Waals surface area contributed by atoms with E-state index in [-0.39, 0.29) is 24.0 Å². The fourth-order valence-electron chi connectivity index (χ4n) is 3.56. The Morgan fingerprint density at radius 2 is 1.91 bits per heavy atom. The van der Waals surface area contributed by atoms with Gasteiger partial charge in [-0.15, -0.1) is 0 Å². The molecule has 1 rings (SSSR count). The van der Waals surface area contributed by atoms with E-state index in [9.17, 15) is 9.59 Å². The van der Waals surface area contributed by atoms with Crippen molar-refractivity contribution in [3.63, 3.8) is 0 Å². The second-order valence-corrected chi connectivity index (χ2v) is 6.92. The minimum absolute atomic E-state index is 0.0853. The van der Waals surface area contributed by atoms with Gasteiger partial charge in [0.25, 0.3) is 0 Å². The minimum atomic E-state index is -0.143. The molecule has 2 atom stereocenters. The number of allylic oxidation sites excluding steroid dienone is 1. The van der Waals surface area contributed by atoms with E-state index in [1.165, 1.54) is 19.3 Å². The van der Waals surface area contributed by atoms with E-state index in [1.807, 2.05) is 6.92 Å². The van der Waals surface area contributed by atoms with Crippen LogP contribution in [0.4, 0.5) is 0 Å². The molecule has 0 aromatic rings. The third-order valence-corrected chi connectivity index (χ3v) is 5.15. The Kier molecular flexibility index (Phi) is 9.20. The highest BCUT2D eigenvalue weighted by Crippen LogP contribution is 2.25. The van der Waals surface area contributed by atoms with Gasteiger partial charge in [-0.25, -0.2) is 0 Å². The third-order valence-electron chi connectivity index (χ3n) is 5.15. The second-order valence-electron chi connectivity index (χ2n) is 6.92. The molecule has 23 heavy (non-hydrogen) atoms. The summed E-state index contributed by atoms with van der Waals surface area (Å²) in [6.07, 6.45) is 9.21. The van der Waals surface area contributed by atoms with Gasteiger partial charge in [0.1, 0.15) is 5.78 Å². The molecule has 1 aliphatic heterocycles. The fourth-order valence-corrected chi connectivity index (χ4v) is 3.56. The van der Waals surface area contributed by atoms with Gasteiger partial charge in [-0.2, -0.15) is 0 Å². The summed E-state index contributed by atoms with van der Waals surface area (Å²) < 4.78 is 0. The fraction of sp³-hybridized carbons (Fsp3) is 0.800. The summed E-state index contributed by atoms with van der Waals surface area (Å²) in [4.78, 5) is 26.8. The first kappa shape index (κ1) is 19.9. The highest BCUT2D eigenvalue weighted by molar-refractivity contribution is 6.01. The highest BCUT2D eigenvalue weighted by atomic mass is 16.1. The summed E-state index contributed by atoms with van der Waals surface area (Å²) in [7, 11) is 0. The maximum Gasteiger partial charge on any atom is 0.162 e. The third kappa shape index (κ3) is 6.48. The van der Waals surface area contributed by atoms with E-state index in [2.05, 4.69) is 25.3 Å². The zero-order chi connectivity index (χ0) is 17.2. The van der Waals surface area contributed by atoms with Crippen molar-refractivity contribution in [2.75, 3.05) is 6.54 Å². The molecule has 1 fully saturated rings. The van der Waals surface area contributed by atoms with E-state index in [0.29, 0.717) is 12.3 Å². The number of Topliss-reactive ketones (excluding diaryl/α,β-unsaturated/α-hetero) is 2. The van der Waals surface area contributed by atoms with E-state index in [0.717, 1.165) is 44.3 Å². The average molecular weight is 322 g/mol. The van der Waals surface area contributed by atoms with Crippen LogP contribution in [-0.4, -0.2) is 29.1 Å². The van der Waals surface area contributed by atoms with Crippen molar-refractivity contribution in [3.8, 4) is 0 Å². The average Bonchev–Trinajstić information content (AvgIpc) is 2.94. The number of unbranched alkanes of at least 4 members (excludes halogenated alkanes) is 1. The molecule has 132 valence electrons. The Hall–Kier alpha value is -1.12. The quantitative estimate of drug-likeness (QED) is 0.480. The maximum absolute atomic E-state index is 12.5. The predicted octanol–water partition coefficient (Wildman–Crippen LogP) is 4.90. The zero-order valence-electron chi connectivity index (χ0n) is 15.4. The Balaban J connectivity index is 2.42. The number of hydrogen-bond acceptors (Lipinski definition) is 3. The predicted molar refractivity (Wildman–Crippen MR) is 96.3 cm³/mol. The lowest BCUT2D eigenvalue weighted by molar-refractivity contribution is -0.129. The van der Waals surface area contributed by atoms with Gasteiger partial charge in [-0.3, -0.25) is 9.59 Å². The Labute approximate surface area is 142 Å². The lowest BCUT2D eigenvalue weighted by atomic mass is 9.92. The number of carbonyl (C=O) groups is 2. The number of hydrogen-bond donors (Lipinski definition) is 0. The molecular formula is C20H35NO2. The summed E-state index contributed by atoms with van der Waals surface area (Å²) in [5.74, 6) is 0.838. The Morgan fingerprint density at radius 1 is 1.17 bits per heavy atom. The summed E-state index contributed by atoms with van der Waals surface area (Å²) in [6.45, 7) is 11.4. The van der Waals surface area contributed by atoms with Crippen LogP contribution in [0.25, 0.3) is 0 Å². The SMILES string of the molecule is C=C1CCCN1[C@@H](CC)C(=O)CC(=O)CC[C@H](CC)CCCC. The van der Waals surface area contributed by atoms with Crippen molar-refractivity contribution in [2.45, 2.75) is 91.0 Å². The Bertz CT molecular complexity index is 402. The van der Waals surface area contributed by atoms with Crippen LogP contribution in [-0.2, 0) is 9.59 Å². The first-order valence-corrected chi connectivity index (χ1v) is 9.52. The molecule has 1 saturated heterocycles. The van der Waals surface area contributed by atoms with Crippen LogP contribution >= 0.6 is 0 Å². The molecule has 0 unspecified atom stereocenters. The maximum atomic E-state index is 12.5.